The minimum Gasteiger partial charge on any atom is -0.505 e. The Balaban J connectivity index is 2.46. The second kappa shape index (κ2) is 5.89. The highest BCUT2D eigenvalue weighted by atomic mass is 32.1. The molecule has 7 heteroatoms. The Hall–Kier alpha value is -2.46. The number of nitrogens with two attached hydrogens (primary N) is 1. The Kier molecular flexibility index (Phi) is 4.19. The summed E-state index contributed by atoms with van der Waals surface area (Å²) in [4.78, 5) is 19.8. The minimum atomic E-state index is -0.448. The summed E-state index contributed by atoms with van der Waals surface area (Å²) in [6, 6.07) is 1.96. The van der Waals surface area contributed by atoms with Gasteiger partial charge in [-0.25, -0.2) is 9.97 Å². The summed E-state index contributed by atoms with van der Waals surface area (Å²) in [5, 5.41) is 21.3. The number of amides is 1. The van der Waals surface area contributed by atoms with Crippen molar-refractivity contribution in [2.24, 2.45) is 5.73 Å². The first-order valence-corrected chi connectivity index (χ1v) is 7.21. The standard InChI is InChI=1S/C14H14N4O2S/c1-3-9(13(16)20)10-6-21-14(18-10)11-12(19)7(2)8(4-15)5-17-11/h5-6,9,19H,3H2,1-2H3,(H2,16,20). The molecule has 0 fully saturated rings. The molecule has 2 aromatic rings. The fraction of sp³-hybridized carbons (Fsp3) is 0.286. The van der Waals surface area contributed by atoms with Crippen molar-refractivity contribution in [3.8, 4) is 22.5 Å². The zero-order chi connectivity index (χ0) is 15.6. The van der Waals surface area contributed by atoms with Crippen molar-refractivity contribution in [3.63, 3.8) is 0 Å². The van der Waals surface area contributed by atoms with E-state index in [2.05, 4.69) is 9.97 Å². The van der Waals surface area contributed by atoms with Crippen molar-refractivity contribution in [2.75, 3.05) is 0 Å². The quantitative estimate of drug-likeness (QED) is 0.897. The molecular weight excluding hydrogens is 288 g/mol. The first kappa shape index (κ1) is 14.9. The lowest BCUT2D eigenvalue weighted by Gasteiger charge is -2.07. The number of aromatic hydroxyl groups is 1. The third kappa shape index (κ3) is 2.71. The van der Waals surface area contributed by atoms with E-state index in [-0.39, 0.29) is 5.75 Å². The second-order valence-electron chi connectivity index (χ2n) is 4.55. The highest BCUT2D eigenvalue weighted by Crippen LogP contribution is 2.34. The molecule has 21 heavy (non-hydrogen) atoms. The van der Waals surface area contributed by atoms with E-state index in [1.807, 2.05) is 13.0 Å². The number of thiazole rings is 1. The van der Waals surface area contributed by atoms with Crippen molar-refractivity contribution >= 4 is 17.2 Å². The van der Waals surface area contributed by atoms with Crippen LogP contribution in [0.2, 0.25) is 0 Å². The van der Waals surface area contributed by atoms with Gasteiger partial charge in [-0.15, -0.1) is 11.3 Å². The number of hydrogen-bond acceptors (Lipinski definition) is 6. The molecule has 2 heterocycles. The van der Waals surface area contributed by atoms with Crippen LogP contribution in [-0.4, -0.2) is 21.0 Å². The molecule has 3 N–H and O–H groups in total. The number of rotatable bonds is 4. The number of carbonyl (C=O) groups excluding carboxylic acids is 1. The number of pyridine rings is 1. The van der Waals surface area contributed by atoms with Crippen LogP contribution in [0.3, 0.4) is 0 Å². The average molecular weight is 302 g/mol. The van der Waals surface area contributed by atoms with Gasteiger partial charge in [0.05, 0.1) is 17.2 Å². The van der Waals surface area contributed by atoms with Crippen LogP contribution >= 0.6 is 11.3 Å². The summed E-state index contributed by atoms with van der Waals surface area (Å²) >= 11 is 1.28. The molecule has 2 rings (SSSR count). The number of primary amides is 1. The van der Waals surface area contributed by atoms with Gasteiger partial charge >= 0.3 is 0 Å². The van der Waals surface area contributed by atoms with Crippen LogP contribution in [0.15, 0.2) is 11.6 Å². The Bertz CT molecular complexity index is 733. The maximum absolute atomic E-state index is 11.4. The predicted molar refractivity (Wildman–Crippen MR) is 78.7 cm³/mol. The molecular formula is C14H14N4O2S. The number of carbonyl (C=O) groups is 1. The topological polar surface area (TPSA) is 113 Å². The fourth-order valence-electron chi connectivity index (χ4n) is 1.97. The van der Waals surface area contributed by atoms with Crippen LogP contribution in [0.5, 0.6) is 5.75 Å². The van der Waals surface area contributed by atoms with Gasteiger partial charge in [-0.2, -0.15) is 5.26 Å². The van der Waals surface area contributed by atoms with Gasteiger partial charge in [0.2, 0.25) is 5.91 Å². The largest absolute Gasteiger partial charge is 0.505 e. The molecule has 1 amide bonds. The molecule has 0 spiro atoms. The molecule has 1 atom stereocenters. The summed E-state index contributed by atoms with van der Waals surface area (Å²) in [7, 11) is 0. The van der Waals surface area contributed by atoms with Crippen LogP contribution < -0.4 is 5.73 Å². The van der Waals surface area contributed by atoms with Crippen LogP contribution in [0.25, 0.3) is 10.7 Å². The smallest absolute Gasteiger partial charge is 0.226 e. The predicted octanol–water partition coefficient (Wildman–Crippen LogP) is 2.07. The monoisotopic (exact) mass is 302 g/mol. The van der Waals surface area contributed by atoms with E-state index < -0.39 is 11.8 Å². The van der Waals surface area contributed by atoms with E-state index in [1.165, 1.54) is 17.5 Å². The summed E-state index contributed by atoms with van der Waals surface area (Å²) in [5.74, 6) is -0.943. The van der Waals surface area contributed by atoms with Gasteiger partial charge in [0.1, 0.15) is 22.5 Å². The Morgan fingerprint density at radius 1 is 1.62 bits per heavy atom. The summed E-state index contributed by atoms with van der Waals surface area (Å²) in [6.45, 7) is 3.50. The van der Waals surface area contributed by atoms with Crippen molar-refractivity contribution in [1.29, 1.82) is 5.26 Å². The number of nitrogens with zero attached hydrogens (tertiary/aromatic N) is 3. The van der Waals surface area contributed by atoms with Gasteiger partial charge in [0, 0.05) is 17.1 Å². The maximum Gasteiger partial charge on any atom is 0.226 e. The lowest BCUT2D eigenvalue weighted by Crippen LogP contribution is -2.20. The Morgan fingerprint density at radius 2 is 2.33 bits per heavy atom. The molecule has 0 saturated heterocycles. The van der Waals surface area contributed by atoms with Crippen molar-refractivity contribution < 1.29 is 9.90 Å². The molecule has 0 aromatic carbocycles. The van der Waals surface area contributed by atoms with E-state index in [0.717, 1.165) is 0 Å². The summed E-state index contributed by atoms with van der Waals surface area (Å²) in [5.41, 5.74) is 7.00. The molecule has 0 aliphatic rings. The van der Waals surface area contributed by atoms with Gasteiger partial charge in [-0.05, 0) is 13.3 Å². The van der Waals surface area contributed by atoms with Gasteiger partial charge in [0.25, 0.3) is 0 Å². The molecule has 0 aliphatic carbocycles. The van der Waals surface area contributed by atoms with E-state index in [4.69, 9.17) is 11.0 Å². The zero-order valence-corrected chi connectivity index (χ0v) is 12.4. The molecule has 2 aromatic heterocycles. The lowest BCUT2D eigenvalue weighted by atomic mass is 10.0. The second-order valence-corrected chi connectivity index (χ2v) is 5.40. The molecule has 0 saturated carbocycles. The van der Waals surface area contributed by atoms with E-state index in [9.17, 15) is 9.90 Å². The summed E-state index contributed by atoms with van der Waals surface area (Å²) < 4.78 is 0. The Morgan fingerprint density at radius 3 is 2.90 bits per heavy atom. The average Bonchev–Trinajstić information content (AvgIpc) is 2.91. The third-order valence-corrected chi connectivity index (χ3v) is 4.13. The molecule has 6 nitrogen and oxygen atoms in total. The zero-order valence-electron chi connectivity index (χ0n) is 11.6. The van der Waals surface area contributed by atoms with E-state index in [0.29, 0.717) is 33.9 Å². The first-order chi connectivity index (χ1) is 9.99. The van der Waals surface area contributed by atoms with E-state index >= 15 is 0 Å². The number of nitriles is 1. The van der Waals surface area contributed by atoms with Crippen LogP contribution in [0, 0.1) is 18.3 Å². The maximum atomic E-state index is 11.4. The summed E-state index contributed by atoms with van der Waals surface area (Å²) in [6.07, 6.45) is 1.96. The number of aromatic nitrogens is 2. The highest BCUT2D eigenvalue weighted by Gasteiger charge is 2.21. The molecule has 0 bridgehead atoms. The SMILES string of the molecule is CCC(C(N)=O)c1csc(-c2ncc(C#N)c(C)c2O)n1. The van der Waals surface area contributed by atoms with Crippen molar-refractivity contribution in [1.82, 2.24) is 9.97 Å². The van der Waals surface area contributed by atoms with Gasteiger partial charge in [0.15, 0.2) is 0 Å². The van der Waals surface area contributed by atoms with Gasteiger partial charge < -0.3 is 10.8 Å². The Labute approximate surface area is 125 Å². The first-order valence-electron chi connectivity index (χ1n) is 6.33. The highest BCUT2D eigenvalue weighted by molar-refractivity contribution is 7.13. The van der Waals surface area contributed by atoms with Crippen molar-refractivity contribution in [2.45, 2.75) is 26.2 Å². The van der Waals surface area contributed by atoms with Gasteiger partial charge in [-0.1, -0.05) is 6.92 Å². The molecule has 108 valence electrons. The number of hydrogen-bond donors (Lipinski definition) is 2. The minimum absolute atomic E-state index is 0.0675. The van der Waals surface area contributed by atoms with Gasteiger partial charge in [-0.3, -0.25) is 4.79 Å². The third-order valence-electron chi connectivity index (χ3n) is 3.26. The molecule has 0 aliphatic heterocycles. The molecule has 0 radical (unpaired) electrons. The fourth-order valence-corrected chi connectivity index (χ4v) is 2.84. The molecule has 1 unspecified atom stereocenters. The van der Waals surface area contributed by atoms with Crippen LogP contribution in [0.4, 0.5) is 0 Å². The lowest BCUT2D eigenvalue weighted by molar-refractivity contribution is -0.119. The van der Waals surface area contributed by atoms with Crippen LogP contribution in [-0.2, 0) is 4.79 Å². The van der Waals surface area contributed by atoms with E-state index in [1.54, 1.807) is 12.3 Å². The van der Waals surface area contributed by atoms with Crippen LogP contribution in [0.1, 0.15) is 36.1 Å². The van der Waals surface area contributed by atoms with Crippen molar-refractivity contribution in [3.05, 3.63) is 28.4 Å². The normalized spacial score (nSPS) is 11.9.